The van der Waals surface area contributed by atoms with Gasteiger partial charge in [0, 0.05) is 6.54 Å². The summed E-state index contributed by atoms with van der Waals surface area (Å²) in [4.78, 5) is 25.7. The van der Waals surface area contributed by atoms with E-state index in [4.69, 9.17) is 16.6 Å². The van der Waals surface area contributed by atoms with E-state index < -0.39 is 5.91 Å². The Hall–Kier alpha value is -1.95. The Morgan fingerprint density at radius 1 is 1.40 bits per heavy atom. The summed E-state index contributed by atoms with van der Waals surface area (Å²) in [6, 6.07) is 3.48. The Morgan fingerprint density at radius 2 is 2.10 bits per heavy atom. The molecule has 1 aliphatic rings. The second kappa shape index (κ2) is 5.58. The topological polar surface area (TPSA) is 62.6 Å². The number of rotatable bonds is 3. The van der Waals surface area contributed by atoms with Gasteiger partial charge in [-0.15, -0.1) is 0 Å². The number of nitrogens with one attached hydrogen (secondary N) is 1. The van der Waals surface area contributed by atoms with Crippen LogP contribution in [0.3, 0.4) is 0 Å². The zero-order valence-electron chi connectivity index (χ0n) is 11.6. The van der Waals surface area contributed by atoms with Crippen molar-refractivity contribution in [2.24, 2.45) is 5.92 Å². The summed E-state index contributed by atoms with van der Waals surface area (Å²) in [5.74, 6) is 0.558. The first-order chi connectivity index (χ1) is 9.38. The molecule has 1 saturated heterocycles. The Labute approximate surface area is 122 Å². The highest BCUT2D eigenvalue weighted by molar-refractivity contribution is 7.80. The van der Waals surface area contributed by atoms with E-state index in [1.165, 1.54) is 11.0 Å². The van der Waals surface area contributed by atoms with Crippen LogP contribution in [0.5, 0.6) is 0 Å². The molecule has 0 aromatic carbocycles. The van der Waals surface area contributed by atoms with Crippen LogP contribution in [0.4, 0.5) is 0 Å². The third kappa shape index (κ3) is 2.96. The Bertz CT molecular complexity index is 601. The molecule has 0 spiro atoms. The normalized spacial score (nSPS) is 18.1. The lowest BCUT2D eigenvalue weighted by molar-refractivity contribution is -0.129. The van der Waals surface area contributed by atoms with Gasteiger partial charge >= 0.3 is 0 Å². The van der Waals surface area contributed by atoms with Crippen LogP contribution in [0.2, 0.25) is 0 Å². The molecule has 2 amide bonds. The van der Waals surface area contributed by atoms with Crippen molar-refractivity contribution in [3.8, 4) is 0 Å². The summed E-state index contributed by atoms with van der Waals surface area (Å²) >= 11 is 5.04. The van der Waals surface area contributed by atoms with Gasteiger partial charge in [-0.05, 0) is 43.3 Å². The van der Waals surface area contributed by atoms with Crippen molar-refractivity contribution in [3.05, 3.63) is 29.2 Å². The van der Waals surface area contributed by atoms with Crippen LogP contribution >= 0.6 is 12.2 Å². The molecule has 0 bridgehead atoms. The van der Waals surface area contributed by atoms with Gasteiger partial charge in [0.05, 0.1) is 0 Å². The van der Waals surface area contributed by atoms with Crippen LogP contribution in [-0.4, -0.2) is 28.4 Å². The van der Waals surface area contributed by atoms with Gasteiger partial charge < -0.3 is 4.42 Å². The zero-order chi connectivity index (χ0) is 14.9. The second-order valence-electron chi connectivity index (χ2n) is 5.08. The SMILES string of the molecule is Cc1ccc(C=C2C(=O)NC(=S)N(CC(C)C)C2=O)o1. The third-order valence-electron chi connectivity index (χ3n) is 2.78. The molecule has 0 atom stereocenters. The minimum Gasteiger partial charge on any atom is -0.462 e. The summed E-state index contributed by atoms with van der Waals surface area (Å²) in [5, 5.41) is 2.68. The highest BCUT2D eigenvalue weighted by Gasteiger charge is 2.33. The Morgan fingerprint density at radius 3 is 2.65 bits per heavy atom. The van der Waals surface area contributed by atoms with Crippen LogP contribution in [0.1, 0.15) is 25.4 Å². The van der Waals surface area contributed by atoms with Crippen molar-refractivity contribution in [1.82, 2.24) is 10.2 Å². The van der Waals surface area contributed by atoms with Gasteiger partial charge in [0.1, 0.15) is 17.1 Å². The molecule has 5 nitrogen and oxygen atoms in total. The first-order valence-electron chi connectivity index (χ1n) is 6.34. The number of carbonyl (C=O) groups excluding carboxylic acids is 2. The van der Waals surface area contributed by atoms with E-state index in [1.807, 2.05) is 13.8 Å². The lowest BCUT2D eigenvalue weighted by Gasteiger charge is -2.29. The maximum Gasteiger partial charge on any atom is 0.265 e. The van der Waals surface area contributed by atoms with Gasteiger partial charge in [-0.1, -0.05) is 13.8 Å². The Kier molecular flexibility index (Phi) is 4.04. The number of carbonyl (C=O) groups is 2. The minimum atomic E-state index is -0.492. The molecule has 2 rings (SSSR count). The average molecular weight is 292 g/mol. The number of aryl methyl sites for hydroxylation is 1. The van der Waals surface area contributed by atoms with Crippen LogP contribution in [0.25, 0.3) is 6.08 Å². The van der Waals surface area contributed by atoms with E-state index >= 15 is 0 Å². The molecular formula is C14H16N2O3S. The second-order valence-corrected chi connectivity index (χ2v) is 5.46. The Balaban J connectivity index is 2.32. The number of furan rings is 1. The van der Waals surface area contributed by atoms with E-state index in [0.717, 1.165) is 5.76 Å². The fourth-order valence-electron chi connectivity index (χ4n) is 1.90. The largest absolute Gasteiger partial charge is 0.462 e. The van der Waals surface area contributed by atoms with E-state index in [2.05, 4.69) is 5.32 Å². The molecule has 0 saturated carbocycles. The molecule has 1 aliphatic heterocycles. The first kappa shape index (κ1) is 14.5. The van der Waals surface area contributed by atoms with Gasteiger partial charge in [0.15, 0.2) is 5.11 Å². The van der Waals surface area contributed by atoms with E-state index in [0.29, 0.717) is 12.3 Å². The summed E-state index contributed by atoms with van der Waals surface area (Å²) in [7, 11) is 0. The number of amides is 2. The van der Waals surface area contributed by atoms with Crippen molar-refractivity contribution in [3.63, 3.8) is 0 Å². The molecule has 1 aromatic heterocycles. The lowest BCUT2D eigenvalue weighted by Crippen LogP contribution is -2.54. The van der Waals surface area contributed by atoms with Crippen LogP contribution < -0.4 is 5.32 Å². The average Bonchev–Trinajstić information content (AvgIpc) is 2.75. The molecule has 6 heteroatoms. The number of thiocarbonyl (C=S) groups is 1. The molecule has 0 aliphatic carbocycles. The van der Waals surface area contributed by atoms with Crippen LogP contribution in [-0.2, 0) is 9.59 Å². The van der Waals surface area contributed by atoms with Crippen molar-refractivity contribution in [2.45, 2.75) is 20.8 Å². The molecule has 20 heavy (non-hydrogen) atoms. The minimum absolute atomic E-state index is 0.0357. The summed E-state index contributed by atoms with van der Waals surface area (Å²) in [5.41, 5.74) is 0.0357. The van der Waals surface area contributed by atoms with Crippen molar-refractivity contribution in [2.75, 3.05) is 6.54 Å². The molecule has 0 radical (unpaired) electrons. The van der Waals surface area contributed by atoms with Gasteiger partial charge in [-0.25, -0.2) is 0 Å². The predicted octanol–water partition coefficient (Wildman–Crippen LogP) is 1.87. The molecule has 106 valence electrons. The first-order valence-corrected chi connectivity index (χ1v) is 6.74. The van der Waals surface area contributed by atoms with Gasteiger partial charge in [-0.2, -0.15) is 0 Å². The summed E-state index contributed by atoms with van der Waals surface area (Å²) < 4.78 is 5.37. The molecule has 2 heterocycles. The van der Waals surface area contributed by atoms with Crippen LogP contribution in [0.15, 0.2) is 22.1 Å². The maximum atomic E-state index is 12.4. The molecule has 1 fully saturated rings. The summed E-state index contributed by atoms with van der Waals surface area (Å²) in [6.07, 6.45) is 1.44. The predicted molar refractivity (Wildman–Crippen MR) is 78.7 cm³/mol. The molecule has 1 aromatic rings. The standard InChI is InChI=1S/C14H16N2O3S/c1-8(2)7-16-13(18)11(12(17)15-14(16)20)6-10-5-4-9(3)19-10/h4-6,8H,7H2,1-3H3,(H,15,17,20). The quantitative estimate of drug-likeness (QED) is 0.525. The fourth-order valence-corrected chi connectivity index (χ4v) is 2.15. The van der Waals surface area contributed by atoms with Crippen molar-refractivity contribution >= 4 is 35.2 Å². The molecular weight excluding hydrogens is 276 g/mol. The maximum absolute atomic E-state index is 12.4. The van der Waals surface area contributed by atoms with Crippen molar-refractivity contribution in [1.29, 1.82) is 0 Å². The van der Waals surface area contributed by atoms with Gasteiger partial charge in [0.2, 0.25) is 0 Å². The highest BCUT2D eigenvalue weighted by atomic mass is 32.1. The highest BCUT2D eigenvalue weighted by Crippen LogP contribution is 2.17. The molecule has 1 N–H and O–H groups in total. The number of hydrogen-bond acceptors (Lipinski definition) is 4. The monoisotopic (exact) mass is 292 g/mol. The van der Waals surface area contributed by atoms with Crippen LogP contribution in [0, 0.1) is 12.8 Å². The number of hydrogen-bond donors (Lipinski definition) is 1. The smallest absolute Gasteiger partial charge is 0.265 e. The lowest BCUT2D eigenvalue weighted by atomic mass is 10.1. The van der Waals surface area contributed by atoms with E-state index in [-0.39, 0.29) is 22.5 Å². The van der Waals surface area contributed by atoms with E-state index in [9.17, 15) is 9.59 Å². The third-order valence-corrected chi connectivity index (χ3v) is 3.10. The van der Waals surface area contributed by atoms with Crippen molar-refractivity contribution < 1.29 is 14.0 Å². The fraction of sp³-hybridized carbons (Fsp3) is 0.357. The molecule has 0 unspecified atom stereocenters. The zero-order valence-corrected chi connectivity index (χ0v) is 12.4. The van der Waals surface area contributed by atoms with Gasteiger partial charge in [0.25, 0.3) is 11.8 Å². The number of nitrogens with zero attached hydrogens (tertiary/aromatic N) is 1. The van der Waals surface area contributed by atoms with E-state index in [1.54, 1.807) is 19.1 Å². The summed E-state index contributed by atoms with van der Waals surface area (Å²) in [6.45, 7) is 6.22. The van der Waals surface area contributed by atoms with Gasteiger partial charge in [-0.3, -0.25) is 19.8 Å².